The van der Waals surface area contributed by atoms with E-state index in [1.807, 2.05) is 20.8 Å². The Bertz CT molecular complexity index is 1060. The fraction of sp³-hybridized carbons (Fsp3) is 0.238. The summed E-state index contributed by atoms with van der Waals surface area (Å²) in [5.41, 5.74) is 1.35. The Balaban J connectivity index is 2.12. The van der Waals surface area contributed by atoms with Gasteiger partial charge in [0, 0.05) is 27.5 Å². The summed E-state index contributed by atoms with van der Waals surface area (Å²) >= 11 is 1.35. The molecule has 6 heteroatoms. The van der Waals surface area contributed by atoms with E-state index in [4.69, 9.17) is 5.41 Å². The topological polar surface area (TPSA) is 36.7 Å². The van der Waals surface area contributed by atoms with E-state index in [2.05, 4.69) is 4.98 Å². The number of hydrogen-bond donors (Lipinski definition) is 1. The molecule has 0 amide bonds. The Morgan fingerprint density at radius 2 is 1.74 bits per heavy atom. The molecule has 27 heavy (non-hydrogen) atoms. The summed E-state index contributed by atoms with van der Waals surface area (Å²) in [6, 6.07) is 7.35. The highest BCUT2D eigenvalue weighted by Gasteiger charge is 2.22. The van der Waals surface area contributed by atoms with E-state index in [9.17, 15) is 13.2 Å². The second kappa shape index (κ2) is 7.00. The van der Waals surface area contributed by atoms with Gasteiger partial charge in [-0.25, -0.2) is 13.2 Å². The molecular formula is C21H19F3N2S. The van der Waals surface area contributed by atoms with Gasteiger partial charge in [0.1, 0.15) is 11.3 Å². The van der Waals surface area contributed by atoms with E-state index in [1.165, 1.54) is 24.0 Å². The van der Waals surface area contributed by atoms with Crippen molar-refractivity contribution in [1.82, 2.24) is 4.98 Å². The van der Waals surface area contributed by atoms with Gasteiger partial charge in [0.2, 0.25) is 0 Å². The van der Waals surface area contributed by atoms with E-state index in [1.54, 1.807) is 25.1 Å². The monoisotopic (exact) mass is 388 g/mol. The molecule has 2 aromatic carbocycles. The molecule has 3 rings (SSSR count). The lowest BCUT2D eigenvalue weighted by atomic mass is 10.0. The van der Waals surface area contributed by atoms with Crippen molar-refractivity contribution < 1.29 is 13.2 Å². The van der Waals surface area contributed by atoms with Crippen molar-refractivity contribution in [3.63, 3.8) is 0 Å². The van der Waals surface area contributed by atoms with Gasteiger partial charge >= 0.3 is 0 Å². The third-order valence-corrected chi connectivity index (χ3v) is 5.22. The molecule has 0 saturated heterocycles. The number of hydrogen-bond acceptors (Lipinski definition) is 3. The molecule has 0 aliphatic heterocycles. The largest absolute Gasteiger partial charge is 0.300 e. The van der Waals surface area contributed by atoms with Crippen molar-refractivity contribution in [2.45, 2.75) is 37.3 Å². The van der Waals surface area contributed by atoms with Gasteiger partial charge in [-0.2, -0.15) is 0 Å². The highest BCUT2D eigenvalue weighted by molar-refractivity contribution is 8.00. The average Bonchev–Trinajstić information content (AvgIpc) is 2.60. The molecule has 0 saturated carbocycles. The predicted molar refractivity (Wildman–Crippen MR) is 104 cm³/mol. The zero-order valence-electron chi connectivity index (χ0n) is 15.5. The maximum absolute atomic E-state index is 14.8. The molecule has 2 nitrogen and oxygen atoms in total. The Morgan fingerprint density at radius 3 is 2.41 bits per heavy atom. The van der Waals surface area contributed by atoms with Crippen LogP contribution in [0.2, 0.25) is 0 Å². The van der Waals surface area contributed by atoms with Crippen LogP contribution in [0.25, 0.3) is 10.9 Å². The van der Waals surface area contributed by atoms with Crippen LogP contribution in [0.3, 0.4) is 0 Å². The number of aromatic nitrogens is 1. The maximum atomic E-state index is 14.8. The Hall–Kier alpha value is -2.34. The molecule has 0 atom stereocenters. The number of thioether (sulfide) groups is 1. The van der Waals surface area contributed by atoms with Gasteiger partial charge in [-0.05, 0) is 30.7 Å². The first-order valence-corrected chi connectivity index (χ1v) is 9.21. The molecule has 0 bridgehead atoms. The number of halogens is 3. The fourth-order valence-corrected chi connectivity index (χ4v) is 3.83. The van der Waals surface area contributed by atoms with Crippen molar-refractivity contribution in [1.29, 1.82) is 5.41 Å². The van der Waals surface area contributed by atoms with Crippen LogP contribution in [0.5, 0.6) is 0 Å². The minimum Gasteiger partial charge on any atom is -0.300 e. The van der Waals surface area contributed by atoms with Gasteiger partial charge < -0.3 is 0 Å². The summed E-state index contributed by atoms with van der Waals surface area (Å²) in [6.07, 6.45) is 1.32. The first kappa shape index (κ1) is 19.4. The van der Waals surface area contributed by atoms with Gasteiger partial charge in [0.05, 0.1) is 10.6 Å². The van der Waals surface area contributed by atoms with E-state index >= 15 is 0 Å². The first-order chi connectivity index (χ1) is 12.6. The van der Waals surface area contributed by atoms with Gasteiger partial charge in [0.15, 0.2) is 11.6 Å². The van der Waals surface area contributed by atoms with Crippen molar-refractivity contribution >= 4 is 28.4 Å². The fourth-order valence-electron chi connectivity index (χ4n) is 2.69. The van der Waals surface area contributed by atoms with Crippen LogP contribution in [0.1, 0.15) is 37.5 Å². The predicted octanol–water partition coefficient (Wildman–Crippen LogP) is 6.27. The summed E-state index contributed by atoms with van der Waals surface area (Å²) < 4.78 is 41.8. The van der Waals surface area contributed by atoms with Crippen molar-refractivity contribution in [3.8, 4) is 0 Å². The van der Waals surface area contributed by atoms with Crippen molar-refractivity contribution in [3.05, 3.63) is 70.7 Å². The quantitative estimate of drug-likeness (QED) is 0.424. The maximum Gasteiger partial charge on any atom is 0.184 e. The molecular weight excluding hydrogens is 369 g/mol. The molecule has 0 spiro atoms. The SMILES string of the molecule is Cc1ccc(C(=N)c2cnc3c(F)c(F)ccc3c2)c(SC(C)(C)C)c1F. The van der Waals surface area contributed by atoms with Gasteiger partial charge in [-0.15, -0.1) is 11.8 Å². The number of aryl methyl sites for hydroxylation is 1. The third kappa shape index (κ3) is 3.86. The minimum atomic E-state index is -1.02. The van der Waals surface area contributed by atoms with Crippen LogP contribution in [-0.4, -0.2) is 15.4 Å². The Morgan fingerprint density at radius 1 is 1.04 bits per heavy atom. The smallest absolute Gasteiger partial charge is 0.184 e. The number of nitrogens with zero attached hydrogens (tertiary/aromatic N) is 1. The molecule has 1 heterocycles. The molecule has 0 unspecified atom stereocenters. The summed E-state index contributed by atoms with van der Waals surface area (Å²) in [5, 5.41) is 8.95. The molecule has 1 N–H and O–H groups in total. The minimum absolute atomic E-state index is 0.0831. The third-order valence-electron chi connectivity index (χ3n) is 4.00. The van der Waals surface area contributed by atoms with Gasteiger partial charge in [0.25, 0.3) is 0 Å². The summed E-state index contributed by atoms with van der Waals surface area (Å²) in [4.78, 5) is 4.38. The standard InChI is InChI=1S/C21H19F3N2S/c1-11-5-7-14(20(16(11)23)27-21(2,3)4)18(25)13-9-12-6-8-15(22)17(24)19(12)26-10-13/h5-10,25H,1-4H3. The molecule has 0 fully saturated rings. The summed E-state index contributed by atoms with van der Waals surface area (Å²) in [5.74, 6) is -2.34. The summed E-state index contributed by atoms with van der Waals surface area (Å²) in [7, 11) is 0. The molecule has 0 radical (unpaired) electrons. The molecule has 3 aromatic rings. The molecule has 140 valence electrons. The van der Waals surface area contributed by atoms with Crippen LogP contribution < -0.4 is 0 Å². The van der Waals surface area contributed by atoms with E-state index in [0.29, 0.717) is 27.0 Å². The molecule has 1 aromatic heterocycles. The van der Waals surface area contributed by atoms with Crippen LogP contribution in [0.15, 0.2) is 41.4 Å². The first-order valence-electron chi connectivity index (χ1n) is 8.39. The average molecular weight is 388 g/mol. The number of pyridine rings is 1. The van der Waals surface area contributed by atoms with Crippen LogP contribution in [0.4, 0.5) is 13.2 Å². The van der Waals surface area contributed by atoms with E-state index in [0.717, 1.165) is 6.07 Å². The van der Waals surface area contributed by atoms with Crippen LogP contribution in [0, 0.1) is 29.8 Å². The highest BCUT2D eigenvalue weighted by Crippen LogP contribution is 2.38. The van der Waals surface area contributed by atoms with Gasteiger partial charge in [-0.1, -0.05) is 32.9 Å². The normalized spacial score (nSPS) is 11.8. The van der Waals surface area contributed by atoms with Crippen LogP contribution in [-0.2, 0) is 0 Å². The second-order valence-corrected chi connectivity index (χ2v) is 9.16. The zero-order valence-corrected chi connectivity index (χ0v) is 16.3. The number of nitrogens with one attached hydrogen (secondary N) is 1. The Kier molecular flexibility index (Phi) is 5.04. The lowest BCUT2D eigenvalue weighted by Gasteiger charge is -2.21. The van der Waals surface area contributed by atoms with Crippen molar-refractivity contribution in [2.75, 3.05) is 0 Å². The van der Waals surface area contributed by atoms with E-state index < -0.39 is 11.6 Å². The summed E-state index contributed by atoms with van der Waals surface area (Å²) in [6.45, 7) is 7.61. The number of fused-ring (bicyclic) bond motifs is 1. The van der Waals surface area contributed by atoms with E-state index in [-0.39, 0.29) is 21.8 Å². The lowest BCUT2D eigenvalue weighted by Crippen LogP contribution is -2.12. The molecule has 0 aliphatic rings. The molecule has 0 aliphatic carbocycles. The van der Waals surface area contributed by atoms with Crippen molar-refractivity contribution in [2.24, 2.45) is 0 Å². The Labute approximate surface area is 160 Å². The number of benzene rings is 2. The lowest BCUT2D eigenvalue weighted by molar-refractivity contribution is 0.515. The zero-order chi connectivity index (χ0) is 19.9. The number of rotatable bonds is 3. The van der Waals surface area contributed by atoms with Gasteiger partial charge in [-0.3, -0.25) is 10.4 Å². The second-order valence-electron chi connectivity index (χ2n) is 7.32. The van der Waals surface area contributed by atoms with Crippen LogP contribution >= 0.6 is 11.8 Å². The highest BCUT2D eigenvalue weighted by atomic mass is 32.2.